The van der Waals surface area contributed by atoms with E-state index in [0.29, 0.717) is 24.0 Å². The molecule has 0 unspecified atom stereocenters. The van der Waals surface area contributed by atoms with Gasteiger partial charge in [-0.1, -0.05) is 26.8 Å². The number of cyclic esters (lactones) is 1. The number of carbonyl (C=O) groups excluding carboxylic acids is 3. The fourth-order valence-corrected chi connectivity index (χ4v) is 9.30. The zero-order valence-corrected chi connectivity index (χ0v) is 25.0. The minimum absolute atomic E-state index is 0.0170. The highest BCUT2D eigenvalue weighted by molar-refractivity contribution is 5.88. The molecule has 4 heterocycles. The van der Waals surface area contributed by atoms with Crippen LogP contribution in [0.1, 0.15) is 72.0 Å². The Morgan fingerprint density at radius 3 is 2.62 bits per heavy atom. The second-order valence-corrected chi connectivity index (χ2v) is 13.4. The number of ether oxygens (including phenoxy) is 4. The van der Waals surface area contributed by atoms with Gasteiger partial charge in [0.2, 0.25) is 0 Å². The Hall–Kier alpha value is -2.95. The molecule has 3 aliphatic heterocycles. The molecule has 10 nitrogen and oxygen atoms in total. The minimum Gasteiger partial charge on any atom is -0.472 e. The number of hydrogen-bond acceptors (Lipinski definition) is 10. The largest absolute Gasteiger partial charge is 0.472 e. The van der Waals surface area contributed by atoms with Crippen molar-refractivity contribution >= 4 is 17.9 Å². The molecule has 1 aromatic heterocycles. The molecule has 7 rings (SSSR count). The number of carbonyl (C=O) groups is 3. The Kier molecular flexibility index (Phi) is 6.61. The van der Waals surface area contributed by atoms with Crippen LogP contribution in [0.4, 0.5) is 0 Å². The van der Waals surface area contributed by atoms with Crippen LogP contribution in [0, 0.1) is 34.0 Å². The van der Waals surface area contributed by atoms with Gasteiger partial charge < -0.3 is 33.6 Å². The van der Waals surface area contributed by atoms with E-state index < -0.39 is 76.0 Å². The number of fused-ring (bicyclic) bond motifs is 3. The average molecular weight is 585 g/mol. The van der Waals surface area contributed by atoms with Gasteiger partial charge in [0, 0.05) is 33.8 Å². The molecule has 42 heavy (non-hydrogen) atoms. The molecule has 2 N–H and O–H groups in total. The van der Waals surface area contributed by atoms with Crippen LogP contribution < -0.4 is 0 Å². The van der Waals surface area contributed by atoms with E-state index in [-0.39, 0.29) is 19.4 Å². The SMILES string of the molecule is C/C=C(\C)C(=O)O[C@@H]1[C@@H]2[C@@H](O)C3=C4CC(=O)O[C@@H](c5ccoc5)[C@]4(C)CC[C@@H]3[C@]3(C)[C@@H](CC(=O)OC)[C@]1(C)CO[C@]23O. The van der Waals surface area contributed by atoms with E-state index in [9.17, 15) is 24.6 Å². The summed E-state index contributed by atoms with van der Waals surface area (Å²) in [5.74, 6) is -5.37. The standard InChI is InChI=1S/C32H40O10/c1-7-16(2)28(36)42-27-24-25(35)23-18(31(5)20(13-21(33)38-6)30(27,4)15-40-32(24,31)37)8-10-29(3)19(23)12-22(34)41-26(29)17-9-11-39-14-17/h7,9,11,14,18,20,24-27,35,37H,8,10,12-13,15H2,1-6H3/b16-7+/t18-,20-,24-,25-,26-,27+,29+,30-,31+,32+/m0/s1. The Balaban J connectivity index is 1.57. The smallest absolute Gasteiger partial charge is 0.333 e. The van der Waals surface area contributed by atoms with Crippen molar-refractivity contribution in [2.45, 2.75) is 84.4 Å². The van der Waals surface area contributed by atoms with Crippen molar-refractivity contribution < 1.29 is 48.0 Å². The summed E-state index contributed by atoms with van der Waals surface area (Å²) < 4.78 is 28.8. The van der Waals surface area contributed by atoms with Crippen LogP contribution in [0.5, 0.6) is 0 Å². The summed E-state index contributed by atoms with van der Waals surface area (Å²) in [5, 5.41) is 24.9. The minimum atomic E-state index is -1.92. The maximum absolute atomic E-state index is 13.2. The molecular weight excluding hydrogens is 544 g/mol. The monoisotopic (exact) mass is 584 g/mol. The summed E-state index contributed by atoms with van der Waals surface area (Å²) in [6.07, 6.45) is 2.95. The van der Waals surface area contributed by atoms with Crippen molar-refractivity contribution in [3.63, 3.8) is 0 Å². The summed E-state index contributed by atoms with van der Waals surface area (Å²) in [6.45, 7) is 9.25. The van der Waals surface area contributed by atoms with Crippen molar-refractivity contribution in [2.24, 2.45) is 34.0 Å². The van der Waals surface area contributed by atoms with E-state index >= 15 is 0 Å². The first-order chi connectivity index (χ1) is 19.8. The highest BCUT2D eigenvalue weighted by Gasteiger charge is 2.81. The Morgan fingerprint density at radius 2 is 1.98 bits per heavy atom. The van der Waals surface area contributed by atoms with Crippen LogP contribution in [0.2, 0.25) is 0 Å². The fourth-order valence-electron chi connectivity index (χ4n) is 9.30. The molecule has 6 aliphatic rings. The summed E-state index contributed by atoms with van der Waals surface area (Å²) >= 11 is 0. The second-order valence-electron chi connectivity index (χ2n) is 13.4. The summed E-state index contributed by atoms with van der Waals surface area (Å²) in [4.78, 5) is 39.2. The molecule has 3 aliphatic carbocycles. The van der Waals surface area contributed by atoms with Gasteiger partial charge in [-0.05, 0) is 55.7 Å². The number of allylic oxidation sites excluding steroid dienone is 1. The van der Waals surface area contributed by atoms with Crippen molar-refractivity contribution in [2.75, 3.05) is 13.7 Å². The number of hydrogen-bond donors (Lipinski definition) is 2. The zero-order valence-electron chi connectivity index (χ0n) is 25.0. The normalized spacial score (nSPS) is 44.2. The van der Waals surface area contributed by atoms with Crippen molar-refractivity contribution in [3.05, 3.63) is 47.0 Å². The highest BCUT2D eigenvalue weighted by atomic mass is 16.6. The van der Waals surface area contributed by atoms with Gasteiger partial charge in [-0.2, -0.15) is 0 Å². The molecule has 3 saturated heterocycles. The van der Waals surface area contributed by atoms with Gasteiger partial charge in [-0.25, -0.2) is 4.79 Å². The van der Waals surface area contributed by atoms with Crippen molar-refractivity contribution in [1.82, 2.24) is 0 Å². The molecule has 10 heteroatoms. The number of rotatable bonds is 5. The van der Waals surface area contributed by atoms with E-state index in [1.807, 2.05) is 20.8 Å². The topological polar surface area (TPSA) is 142 Å². The first-order valence-electron chi connectivity index (χ1n) is 14.7. The Morgan fingerprint density at radius 1 is 1.24 bits per heavy atom. The molecule has 0 amide bonds. The second kappa shape index (κ2) is 9.53. The third-order valence-electron chi connectivity index (χ3n) is 11.7. The lowest BCUT2D eigenvalue weighted by molar-refractivity contribution is -0.448. The quantitative estimate of drug-likeness (QED) is 0.227. The van der Waals surface area contributed by atoms with Gasteiger partial charge in [0.15, 0.2) is 5.79 Å². The van der Waals surface area contributed by atoms with Crippen LogP contribution in [0.15, 0.2) is 45.8 Å². The molecule has 1 aromatic rings. The molecule has 0 radical (unpaired) electrons. The average Bonchev–Trinajstić information content (AvgIpc) is 3.49. The number of esters is 3. The maximum atomic E-state index is 13.2. The number of furan rings is 1. The molecule has 5 fully saturated rings. The third-order valence-corrected chi connectivity index (χ3v) is 11.7. The van der Waals surface area contributed by atoms with E-state index in [2.05, 4.69) is 0 Å². The fraction of sp³-hybridized carbons (Fsp3) is 0.656. The summed E-state index contributed by atoms with van der Waals surface area (Å²) in [5.41, 5.74) is -0.125. The highest BCUT2D eigenvalue weighted by Crippen LogP contribution is 2.74. The Bertz CT molecular complexity index is 1380. The van der Waals surface area contributed by atoms with Crippen LogP contribution in [-0.4, -0.2) is 59.8 Å². The summed E-state index contributed by atoms with van der Waals surface area (Å²) in [6, 6.07) is 1.78. The van der Waals surface area contributed by atoms with Crippen molar-refractivity contribution in [1.29, 1.82) is 0 Å². The van der Waals surface area contributed by atoms with Crippen LogP contribution in [-0.2, 0) is 33.3 Å². The Labute approximate surface area is 245 Å². The van der Waals surface area contributed by atoms with Gasteiger partial charge >= 0.3 is 17.9 Å². The van der Waals surface area contributed by atoms with Crippen LogP contribution >= 0.6 is 0 Å². The lowest BCUT2D eigenvalue weighted by atomic mass is 9.36. The van der Waals surface area contributed by atoms with E-state index in [4.69, 9.17) is 23.4 Å². The number of aliphatic hydroxyl groups is 2. The number of methoxy groups -OCH3 is 1. The van der Waals surface area contributed by atoms with Gasteiger partial charge in [0.05, 0.1) is 44.7 Å². The van der Waals surface area contributed by atoms with Crippen molar-refractivity contribution in [3.8, 4) is 0 Å². The lowest BCUT2D eigenvalue weighted by Gasteiger charge is -2.74. The van der Waals surface area contributed by atoms with E-state index in [1.165, 1.54) is 13.4 Å². The molecule has 4 bridgehead atoms. The van der Waals surface area contributed by atoms with Gasteiger partial charge in [0.25, 0.3) is 0 Å². The first kappa shape index (κ1) is 29.1. The molecule has 2 saturated carbocycles. The molecule has 0 spiro atoms. The van der Waals surface area contributed by atoms with Crippen LogP contribution in [0.25, 0.3) is 0 Å². The molecule has 10 atom stereocenters. The lowest BCUT2D eigenvalue weighted by Crippen LogP contribution is -2.83. The van der Waals surface area contributed by atoms with E-state index in [0.717, 1.165) is 11.1 Å². The van der Waals surface area contributed by atoms with Gasteiger partial charge in [-0.3, -0.25) is 9.59 Å². The third kappa shape index (κ3) is 3.58. The molecule has 0 aromatic carbocycles. The summed E-state index contributed by atoms with van der Waals surface area (Å²) in [7, 11) is 1.32. The zero-order chi connectivity index (χ0) is 30.4. The number of aliphatic hydroxyl groups excluding tert-OH is 1. The predicted octanol–water partition coefficient (Wildman–Crippen LogP) is 3.77. The van der Waals surface area contributed by atoms with E-state index in [1.54, 1.807) is 32.3 Å². The van der Waals surface area contributed by atoms with Gasteiger partial charge in [0.1, 0.15) is 12.2 Å². The predicted molar refractivity (Wildman–Crippen MR) is 146 cm³/mol. The van der Waals surface area contributed by atoms with Gasteiger partial charge in [-0.15, -0.1) is 0 Å². The molecule has 228 valence electrons. The first-order valence-corrected chi connectivity index (χ1v) is 14.7. The van der Waals surface area contributed by atoms with Crippen LogP contribution in [0.3, 0.4) is 0 Å². The maximum Gasteiger partial charge on any atom is 0.333 e. The molecular formula is C32H40O10.